The maximum Gasteiger partial charge on any atom is 0.405 e. The summed E-state index contributed by atoms with van der Waals surface area (Å²) >= 11 is 1.11. The highest BCUT2D eigenvalue weighted by molar-refractivity contribution is 8.00. The van der Waals surface area contributed by atoms with Gasteiger partial charge in [0, 0.05) is 19.0 Å². The molecular weight excluding hydrogens is 305 g/mol. The largest absolute Gasteiger partial charge is 0.405 e. The molecule has 1 rings (SSSR count). The molecule has 0 radical (unpaired) electrons. The zero-order valence-corrected chi connectivity index (χ0v) is 12.3. The van der Waals surface area contributed by atoms with Crippen LogP contribution in [0.2, 0.25) is 0 Å². The first kappa shape index (κ1) is 17.4. The van der Waals surface area contributed by atoms with Gasteiger partial charge in [0.1, 0.15) is 6.54 Å². The molecule has 0 fully saturated rings. The summed E-state index contributed by atoms with van der Waals surface area (Å²) in [5.74, 6) is -0.852. The smallest absolute Gasteiger partial charge is 0.348 e. The van der Waals surface area contributed by atoms with Crippen LogP contribution in [0, 0.1) is 0 Å². The second-order valence-electron chi connectivity index (χ2n) is 4.37. The minimum absolute atomic E-state index is 0.108. The van der Waals surface area contributed by atoms with E-state index in [0.717, 1.165) is 11.8 Å². The Hall–Kier alpha value is -1.70. The number of alkyl halides is 3. The molecule has 0 heterocycles. The Labute approximate surface area is 124 Å². The average Bonchev–Trinajstić information content (AvgIpc) is 2.41. The lowest BCUT2D eigenvalue weighted by molar-refractivity contribution is -0.126. The molecule has 0 aliphatic rings. The van der Waals surface area contributed by atoms with Gasteiger partial charge in [0.25, 0.3) is 5.91 Å². The molecule has 0 atom stereocenters. The van der Waals surface area contributed by atoms with E-state index >= 15 is 0 Å². The van der Waals surface area contributed by atoms with Gasteiger partial charge in [0.15, 0.2) is 0 Å². The van der Waals surface area contributed by atoms with Gasteiger partial charge in [-0.05, 0) is 12.1 Å². The van der Waals surface area contributed by atoms with Gasteiger partial charge in [0.2, 0.25) is 5.91 Å². The standard InChI is InChI=1S/C13H15F3N2O2S/c1-18(2)11(19)7-21-10-6-4-3-5-9(10)12(20)17-8-13(14,15)16/h3-6H,7-8H2,1-2H3,(H,17,20). The summed E-state index contributed by atoms with van der Waals surface area (Å²) in [5, 5.41) is 1.82. The molecular formula is C13H15F3N2O2S. The van der Waals surface area contributed by atoms with Crippen molar-refractivity contribution in [2.24, 2.45) is 0 Å². The van der Waals surface area contributed by atoms with Gasteiger partial charge < -0.3 is 10.2 Å². The second-order valence-corrected chi connectivity index (χ2v) is 5.39. The third kappa shape index (κ3) is 6.07. The number of thioether (sulfide) groups is 1. The Bertz CT molecular complexity index is 518. The number of rotatable bonds is 5. The summed E-state index contributed by atoms with van der Waals surface area (Å²) in [4.78, 5) is 25.1. The number of hydrogen-bond acceptors (Lipinski definition) is 3. The van der Waals surface area contributed by atoms with Crippen LogP contribution >= 0.6 is 11.8 Å². The molecule has 0 unspecified atom stereocenters. The lowest BCUT2D eigenvalue weighted by Crippen LogP contribution is -2.34. The summed E-state index contributed by atoms with van der Waals surface area (Å²) in [6, 6.07) is 6.23. The topological polar surface area (TPSA) is 49.4 Å². The summed E-state index contributed by atoms with van der Waals surface area (Å²) in [6.07, 6.45) is -4.46. The zero-order chi connectivity index (χ0) is 16.0. The summed E-state index contributed by atoms with van der Waals surface area (Å²) in [6.45, 7) is -1.39. The monoisotopic (exact) mass is 320 g/mol. The predicted octanol–water partition coefficient (Wildman–Crippen LogP) is 2.16. The molecule has 1 N–H and O–H groups in total. The molecule has 1 aromatic carbocycles. The Balaban J connectivity index is 2.74. The van der Waals surface area contributed by atoms with Crippen molar-refractivity contribution >= 4 is 23.6 Å². The SMILES string of the molecule is CN(C)C(=O)CSc1ccccc1C(=O)NCC(F)(F)F. The minimum Gasteiger partial charge on any atom is -0.348 e. The van der Waals surface area contributed by atoms with Crippen LogP contribution in [0.4, 0.5) is 13.2 Å². The lowest BCUT2D eigenvalue weighted by Gasteiger charge is -2.13. The van der Waals surface area contributed by atoms with Crippen molar-refractivity contribution in [3.63, 3.8) is 0 Å². The first-order chi connectivity index (χ1) is 9.70. The van der Waals surface area contributed by atoms with Gasteiger partial charge in [-0.2, -0.15) is 13.2 Å². The van der Waals surface area contributed by atoms with Crippen molar-refractivity contribution in [1.82, 2.24) is 10.2 Å². The summed E-state index contributed by atoms with van der Waals surface area (Å²) in [5.41, 5.74) is 0.123. The van der Waals surface area contributed by atoms with E-state index in [1.807, 2.05) is 5.32 Å². The van der Waals surface area contributed by atoms with Crippen LogP contribution in [0.5, 0.6) is 0 Å². The lowest BCUT2D eigenvalue weighted by atomic mass is 10.2. The van der Waals surface area contributed by atoms with Crippen LogP contribution < -0.4 is 5.32 Å². The van der Waals surface area contributed by atoms with E-state index in [4.69, 9.17) is 0 Å². The third-order valence-electron chi connectivity index (χ3n) is 2.43. The molecule has 116 valence electrons. The normalized spacial score (nSPS) is 11.1. The molecule has 0 saturated heterocycles. The molecule has 0 saturated carbocycles. The first-order valence-electron chi connectivity index (χ1n) is 5.97. The van der Waals surface area contributed by atoms with E-state index in [2.05, 4.69) is 0 Å². The van der Waals surface area contributed by atoms with Crippen LogP contribution in [0.15, 0.2) is 29.2 Å². The number of hydrogen-bond donors (Lipinski definition) is 1. The molecule has 0 spiro atoms. The van der Waals surface area contributed by atoms with Gasteiger partial charge in [0.05, 0.1) is 11.3 Å². The highest BCUT2D eigenvalue weighted by atomic mass is 32.2. The van der Waals surface area contributed by atoms with Crippen LogP contribution in [-0.2, 0) is 4.79 Å². The summed E-state index contributed by atoms with van der Waals surface area (Å²) in [7, 11) is 3.20. The van der Waals surface area contributed by atoms with Crippen LogP contribution in [0.3, 0.4) is 0 Å². The van der Waals surface area contributed by atoms with Gasteiger partial charge >= 0.3 is 6.18 Å². The van der Waals surface area contributed by atoms with Gasteiger partial charge in [-0.15, -0.1) is 11.8 Å². The van der Waals surface area contributed by atoms with Crippen LogP contribution in [0.25, 0.3) is 0 Å². The molecule has 21 heavy (non-hydrogen) atoms. The fourth-order valence-corrected chi connectivity index (χ4v) is 2.35. The molecule has 0 aliphatic carbocycles. The van der Waals surface area contributed by atoms with E-state index in [-0.39, 0.29) is 17.2 Å². The molecule has 0 bridgehead atoms. The maximum atomic E-state index is 12.1. The fraction of sp³-hybridized carbons (Fsp3) is 0.385. The van der Waals surface area contributed by atoms with Gasteiger partial charge in [-0.1, -0.05) is 12.1 Å². The number of nitrogens with one attached hydrogen (secondary N) is 1. The van der Waals surface area contributed by atoms with Crippen molar-refractivity contribution in [3.8, 4) is 0 Å². The second kappa shape index (κ2) is 7.35. The van der Waals surface area contributed by atoms with Crippen molar-refractivity contribution in [2.75, 3.05) is 26.4 Å². The van der Waals surface area contributed by atoms with Crippen LogP contribution in [-0.4, -0.2) is 49.3 Å². The van der Waals surface area contributed by atoms with E-state index in [1.54, 1.807) is 32.3 Å². The van der Waals surface area contributed by atoms with Crippen molar-refractivity contribution < 1.29 is 22.8 Å². The number of halogens is 3. The Morgan fingerprint density at radius 1 is 1.24 bits per heavy atom. The minimum atomic E-state index is -4.46. The Kier molecular flexibility index (Phi) is 6.07. The van der Waals surface area contributed by atoms with Gasteiger partial charge in [-0.3, -0.25) is 9.59 Å². The Morgan fingerprint density at radius 2 is 1.86 bits per heavy atom. The number of benzene rings is 1. The fourth-order valence-electron chi connectivity index (χ4n) is 1.32. The molecule has 1 aromatic rings. The maximum absolute atomic E-state index is 12.1. The van der Waals surface area contributed by atoms with E-state index in [9.17, 15) is 22.8 Å². The van der Waals surface area contributed by atoms with E-state index in [1.165, 1.54) is 11.0 Å². The quantitative estimate of drug-likeness (QED) is 0.846. The molecule has 8 heteroatoms. The van der Waals surface area contributed by atoms with E-state index < -0.39 is 18.6 Å². The molecule has 4 nitrogen and oxygen atoms in total. The van der Waals surface area contributed by atoms with Crippen molar-refractivity contribution in [2.45, 2.75) is 11.1 Å². The first-order valence-corrected chi connectivity index (χ1v) is 6.96. The summed E-state index contributed by atoms with van der Waals surface area (Å²) < 4.78 is 36.3. The Morgan fingerprint density at radius 3 is 2.43 bits per heavy atom. The highest BCUT2D eigenvalue weighted by Crippen LogP contribution is 2.23. The molecule has 0 aromatic heterocycles. The van der Waals surface area contributed by atoms with Crippen LogP contribution in [0.1, 0.15) is 10.4 Å². The van der Waals surface area contributed by atoms with Crippen molar-refractivity contribution in [3.05, 3.63) is 29.8 Å². The molecule has 2 amide bonds. The third-order valence-corrected chi connectivity index (χ3v) is 3.49. The van der Waals surface area contributed by atoms with E-state index in [0.29, 0.717) is 4.90 Å². The number of carbonyl (C=O) groups is 2. The number of nitrogens with zero attached hydrogens (tertiary/aromatic N) is 1. The molecule has 0 aliphatic heterocycles. The predicted molar refractivity (Wildman–Crippen MR) is 74.2 cm³/mol. The van der Waals surface area contributed by atoms with Gasteiger partial charge in [-0.25, -0.2) is 0 Å². The average molecular weight is 320 g/mol. The van der Waals surface area contributed by atoms with Crippen molar-refractivity contribution in [1.29, 1.82) is 0 Å². The zero-order valence-electron chi connectivity index (χ0n) is 11.5. The number of amides is 2. The number of carbonyl (C=O) groups excluding carboxylic acids is 2. The highest BCUT2D eigenvalue weighted by Gasteiger charge is 2.28.